The van der Waals surface area contributed by atoms with Crippen LogP contribution in [0.3, 0.4) is 0 Å². The minimum Gasteiger partial charge on any atom is -0.357 e. The average molecular weight is 531 g/mol. The van der Waals surface area contributed by atoms with E-state index in [2.05, 4.69) is 20.9 Å². The molecule has 0 bridgehead atoms. The van der Waals surface area contributed by atoms with Gasteiger partial charge in [0.05, 0.1) is 23.2 Å². The Morgan fingerprint density at radius 3 is 1.68 bits per heavy atom. The summed E-state index contributed by atoms with van der Waals surface area (Å²) >= 11 is 0. The summed E-state index contributed by atoms with van der Waals surface area (Å²) in [5, 5.41) is 8.71. The number of nitrogens with zero attached hydrogens (tertiary/aromatic N) is 3. The van der Waals surface area contributed by atoms with Crippen molar-refractivity contribution >= 4 is 40.3 Å². The third kappa shape index (κ3) is 6.94. The molecule has 0 spiro atoms. The summed E-state index contributed by atoms with van der Waals surface area (Å²) in [4.78, 5) is 30.0. The van der Waals surface area contributed by atoms with Gasteiger partial charge in [-0.2, -0.15) is 0 Å². The zero-order chi connectivity index (χ0) is 27.9. The summed E-state index contributed by atoms with van der Waals surface area (Å²) in [7, 11) is 3.93. The van der Waals surface area contributed by atoms with E-state index in [-0.39, 0.29) is 11.8 Å². The van der Waals surface area contributed by atoms with Crippen molar-refractivity contribution in [3.63, 3.8) is 0 Å². The van der Waals surface area contributed by atoms with Crippen LogP contribution in [0, 0.1) is 0 Å². The highest BCUT2D eigenvalue weighted by Gasteiger charge is 2.11. The first-order chi connectivity index (χ1) is 19.4. The maximum Gasteiger partial charge on any atom is 0.255 e. The van der Waals surface area contributed by atoms with Gasteiger partial charge in [-0.05, 0) is 72.8 Å². The Hall–Kier alpha value is -5.34. The van der Waals surface area contributed by atoms with E-state index in [9.17, 15) is 9.59 Å². The van der Waals surface area contributed by atoms with E-state index in [1.165, 1.54) is 0 Å². The molecule has 0 saturated carbocycles. The molecule has 0 saturated heterocycles. The van der Waals surface area contributed by atoms with Crippen molar-refractivity contribution in [3.05, 3.63) is 138 Å². The number of benzene rings is 3. The zero-order valence-electron chi connectivity index (χ0n) is 22.3. The highest BCUT2D eigenvalue weighted by molar-refractivity contribution is 6.07. The lowest BCUT2D eigenvalue weighted by atomic mass is 10.1. The van der Waals surface area contributed by atoms with Crippen LogP contribution in [0.4, 0.5) is 28.4 Å². The van der Waals surface area contributed by atoms with E-state index in [1.54, 1.807) is 24.3 Å². The van der Waals surface area contributed by atoms with Gasteiger partial charge in [0.15, 0.2) is 12.4 Å². The molecule has 2 amide bonds. The second-order valence-corrected chi connectivity index (χ2v) is 9.43. The second kappa shape index (κ2) is 12.0. The van der Waals surface area contributed by atoms with Crippen molar-refractivity contribution in [2.24, 2.45) is 19.1 Å². The molecule has 8 heteroatoms. The van der Waals surface area contributed by atoms with E-state index in [0.29, 0.717) is 22.5 Å². The SMILES string of the molecule is Cn1ccc(=Nc2ccc(NC(=O)c3ccc(C(=O)Nc4ccc([NH2+]c5cc[n+](C)cc5)cc4)cc3)cc2)cc1. The van der Waals surface area contributed by atoms with Crippen LogP contribution in [0.1, 0.15) is 20.7 Å². The molecule has 0 fully saturated rings. The molecule has 8 nitrogen and oxygen atoms in total. The van der Waals surface area contributed by atoms with Gasteiger partial charge in [-0.1, -0.05) is 0 Å². The fraction of sp³-hybridized carbons (Fsp3) is 0.0625. The first-order valence-corrected chi connectivity index (χ1v) is 12.8. The second-order valence-electron chi connectivity index (χ2n) is 9.43. The van der Waals surface area contributed by atoms with Crippen LogP contribution < -0.4 is 25.9 Å². The van der Waals surface area contributed by atoms with Gasteiger partial charge < -0.3 is 15.2 Å². The minimum absolute atomic E-state index is 0.245. The average Bonchev–Trinajstić information content (AvgIpc) is 2.97. The fourth-order valence-electron chi connectivity index (χ4n) is 3.98. The fourth-order valence-corrected chi connectivity index (χ4v) is 3.98. The van der Waals surface area contributed by atoms with Gasteiger partial charge in [-0.3, -0.25) is 14.9 Å². The van der Waals surface area contributed by atoms with Crippen molar-refractivity contribution in [1.29, 1.82) is 0 Å². The van der Waals surface area contributed by atoms with E-state index in [4.69, 9.17) is 0 Å². The van der Waals surface area contributed by atoms with E-state index >= 15 is 0 Å². The first kappa shape index (κ1) is 26.3. The van der Waals surface area contributed by atoms with Crippen molar-refractivity contribution in [3.8, 4) is 0 Å². The monoisotopic (exact) mass is 530 g/mol. The van der Waals surface area contributed by atoms with Crippen molar-refractivity contribution in [2.45, 2.75) is 0 Å². The molecule has 0 aliphatic carbocycles. The van der Waals surface area contributed by atoms with Crippen LogP contribution in [0.2, 0.25) is 0 Å². The van der Waals surface area contributed by atoms with Crippen LogP contribution >= 0.6 is 0 Å². The number of hydrogen-bond donors (Lipinski definition) is 3. The Bertz CT molecular complexity index is 1670. The Balaban J connectivity index is 1.15. The molecule has 198 valence electrons. The van der Waals surface area contributed by atoms with Crippen LogP contribution in [-0.2, 0) is 14.1 Å². The van der Waals surface area contributed by atoms with Crippen molar-refractivity contribution in [1.82, 2.24) is 4.57 Å². The van der Waals surface area contributed by atoms with Crippen molar-refractivity contribution < 1.29 is 19.5 Å². The molecule has 0 unspecified atom stereocenters. The van der Waals surface area contributed by atoms with Crippen LogP contribution in [0.15, 0.2) is 127 Å². The number of aromatic nitrogens is 2. The summed E-state index contributed by atoms with van der Waals surface area (Å²) in [5.74, 6) is -0.503. The number of carbonyl (C=O) groups is 2. The van der Waals surface area contributed by atoms with Gasteiger partial charge in [-0.15, -0.1) is 0 Å². The summed E-state index contributed by atoms with van der Waals surface area (Å²) < 4.78 is 3.93. The minimum atomic E-state index is -0.258. The van der Waals surface area contributed by atoms with Gasteiger partial charge in [0.2, 0.25) is 0 Å². The standard InChI is InChI=1S/C32H28N6O2/c1-37-19-15-29(16-20-37)33-25-7-11-27(12-8-25)35-31(39)23-3-5-24(6-4-23)32(40)36-28-13-9-26(10-14-28)34-30-17-21-38(2)22-18-30/h3-22H,1-2H3,(H2,35,36,39,40)/p+2. The molecule has 40 heavy (non-hydrogen) atoms. The largest absolute Gasteiger partial charge is 0.357 e. The lowest BCUT2D eigenvalue weighted by Crippen LogP contribution is -2.71. The van der Waals surface area contributed by atoms with E-state index in [0.717, 1.165) is 22.4 Å². The Kier molecular flexibility index (Phi) is 7.89. The molecule has 5 rings (SSSR count). The third-order valence-corrected chi connectivity index (χ3v) is 6.26. The molecule has 0 aliphatic rings. The molecule has 3 aromatic carbocycles. The van der Waals surface area contributed by atoms with Gasteiger partial charge in [0.25, 0.3) is 11.8 Å². The lowest BCUT2D eigenvalue weighted by Gasteiger charge is -2.08. The number of hydrogen-bond acceptors (Lipinski definition) is 3. The van der Waals surface area contributed by atoms with E-state index in [1.807, 2.05) is 121 Å². The van der Waals surface area contributed by atoms with Gasteiger partial charge >= 0.3 is 0 Å². The lowest BCUT2D eigenvalue weighted by molar-refractivity contribution is -0.672. The first-order valence-electron chi connectivity index (χ1n) is 12.8. The number of carbonyl (C=O) groups excluding carboxylic acids is 2. The maximum atomic E-state index is 12.7. The molecular formula is C32H30N6O2+2. The van der Waals surface area contributed by atoms with E-state index < -0.39 is 0 Å². The number of anilines is 2. The Morgan fingerprint density at radius 1 is 0.675 bits per heavy atom. The number of pyridine rings is 2. The van der Waals surface area contributed by atoms with Crippen molar-refractivity contribution in [2.75, 3.05) is 10.6 Å². The topological polar surface area (TPSA) is 96.0 Å². The quantitative estimate of drug-likeness (QED) is 0.218. The summed E-state index contributed by atoms with van der Waals surface area (Å²) in [6, 6.07) is 29.5. The van der Waals surface area contributed by atoms with Gasteiger partial charge in [0.1, 0.15) is 18.4 Å². The molecule has 2 aromatic heterocycles. The summed E-state index contributed by atoms with van der Waals surface area (Å²) in [6.07, 6.45) is 7.86. The predicted molar refractivity (Wildman–Crippen MR) is 155 cm³/mol. The molecular weight excluding hydrogens is 500 g/mol. The highest BCUT2D eigenvalue weighted by Crippen LogP contribution is 2.17. The smallest absolute Gasteiger partial charge is 0.255 e. The number of aryl methyl sites for hydroxylation is 2. The van der Waals surface area contributed by atoms with Crippen LogP contribution in [0.25, 0.3) is 0 Å². The molecule has 4 N–H and O–H groups in total. The number of nitrogens with one attached hydrogen (secondary N) is 2. The zero-order valence-corrected chi connectivity index (χ0v) is 22.3. The maximum absolute atomic E-state index is 12.7. The van der Waals surface area contributed by atoms with Gasteiger partial charge in [-0.25, -0.2) is 9.56 Å². The molecule has 5 aromatic rings. The molecule has 0 atom stereocenters. The molecule has 2 heterocycles. The summed E-state index contributed by atoms with van der Waals surface area (Å²) in [5.41, 5.74) is 5.20. The molecule has 0 radical (unpaired) electrons. The highest BCUT2D eigenvalue weighted by atomic mass is 16.2. The third-order valence-electron chi connectivity index (χ3n) is 6.26. The number of nitrogens with two attached hydrogens (primary N) is 1. The normalized spacial score (nSPS) is 10.6. The number of rotatable bonds is 7. The molecule has 0 aliphatic heterocycles. The van der Waals surface area contributed by atoms with Gasteiger partial charge in [0, 0.05) is 54.1 Å². The van der Waals surface area contributed by atoms with Crippen LogP contribution in [0.5, 0.6) is 0 Å². The van der Waals surface area contributed by atoms with Crippen LogP contribution in [-0.4, -0.2) is 16.4 Å². The Morgan fingerprint density at radius 2 is 1.15 bits per heavy atom. The summed E-state index contributed by atoms with van der Waals surface area (Å²) in [6.45, 7) is 0. The number of amides is 2. The number of quaternary nitrogens is 1. The Labute approximate surface area is 232 Å². The predicted octanol–water partition coefficient (Wildman–Crippen LogP) is 4.11.